The van der Waals surface area contributed by atoms with E-state index in [9.17, 15) is 4.79 Å². The molecular weight excluding hydrogens is 162 g/mol. The lowest BCUT2D eigenvalue weighted by Gasteiger charge is -2.06. The third-order valence-electron chi connectivity index (χ3n) is 0.532. The zero-order chi connectivity index (χ0) is 6.57. The molecule has 5 heteroatoms. The lowest BCUT2D eigenvalue weighted by molar-refractivity contribution is -0.00000827. The van der Waals surface area contributed by atoms with Gasteiger partial charge in [-0.15, -0.1) is 0 Å². The van der Waals surface area contributed by atoms with E-state index in [1.54, 1.807) is 6.92 Å². The van der Waals surface area contributed by atoms with E-state index >= 15 is 0 Å². The fourth-order valence-corrected chi connectivity index (χ4v) is 0.275. The summed E-state index contributed by atoms with van der Waals surface area (Å²) in [7, 11) is 1.51. The molecule has 0 unspecified atom stereocenters. The number of carbonyl (C=O) groups is 1. The molecule has 0 aliphatic rings. The largest absolute Gasteiger partial charge is 1.00 e. The molecule has 0 atom stereocenters. The summed E-state index contributed by atoms with van der Waals surface area (Å²) < 4.78 is 5.60. The summed E-state index contributed by atoms with van der Waals surface area (Å²) in [5.41, 5.74) is 0. The van der Waals surface area contributed by atoms with Crippen molar-refractivity contribution in [1.29, 1.82) is 0 Å². The van der Waals surface area contributed by atoms with E-state index in [4.69, 9.17) is 0 Å². The lowest BCUT2D eigenvalue weighted by atomic mass is 10.9. The molecule has 0 spiro atoms. The van der Waals surface area contributed by atoms with Crippen molar-refractivity contribution in [2.45, 2.75) is 6.92 Å². The van der Waals surface area contributed by atoms with Crippen molar-refractivity contribution in [2.75, 3.05) is 13.7 Å². The van der Waals surface area contributed by atoms with Crippen molar-refractivity contribution in [1.82, 2.24) is 4.31 Å². The SMILES string of the molecule is CCOC(=O)N(C)S.[Cl-]. The van der Waals surface area contributed by atoms with E-state index in [0.29, 0.717) is 6.61 Å². The van der Waals surface area contributed by atoms with Crippen molar-refractivity contribution in [3.63, 3.8) is 0 Å². The van der Waals surface area contributed by atoms with Gasteiger partial charge < -0.3 is 17.1 Å². The minimum atomic E-state index is -0.421. The standard InChI is InChI=1S/C4H9NO2S.ClH/c1-3-7-4(6)5(2)8;/h8H,3H2,1-2H3;1H/p-1. The Hall–Kier alpha value is -0.0900. The Labute approximate surface area is 66.3 Å². The Kier molecular flexibility index (Phi) is 7.83. The molecule has 0 bridgehead atoms. The van der Waals surface area contributed by atoms with Gasteiger partial charge in [-0.25, -0.2) is 4.79 Å². The first kappa shape index (κ1) is 11.7. The van der Waals surface area contributed by atoms with E-state index < -0.39 is 6.09 Å². The molecule has 0 saturated carbocycles. The minimum absolute atomic E-state index is 0. The molecular formula is C4H9ClNO2S-. The zero-order valence-electron chi connectivity index (χ0n) is 5.30. The van der Waals surface area contributed by atoms with Gasteiger partial charge in [0.05, 0.1) is 6.61 Å². The van der Waals surface area contributed by atoms with Gasteiger partial charge in [0.15, 0.2) is 0 Å². The first-order chi connectivity index (χ1) is 3.68. The predicted molar refractivity (Wildman–Crippen MR) is 33.8 cm³/mol. The first-order valence-electron chi connectivity index (χ1n) is 2.27. The maximum absolute atomic E-state index is 10.4. The van der Waals surface area contributed by atoms with Crippen LogP contribution in [0.2, 0.25) is 0 Å². The second-order valence-electron chi connectivity index (χ2n) is 1.22. The lowest BCUT2D eigenvalue weighted by Crippen LogP contribution is -3.00. The Bertz CT molecular complexity index is 88.6. The van der Waals surface area contributed by atoms with Gasteiger partial charge >= 0.3 is 6.09 Å². The van der Waals surface area contributed by atoms with Crippen molar-refractivity contribution in [3.05, 3.63) is 0 Å². The highest BCUT2D eigenvalue weighted by Crippen LogP contribution is 1.90. The molecule has 0 aliphatic carbocycles. The fourth-order valence-electron chi connectivity index (χ4n) is 0.217. The Balaban J connectivity index is 0. The number of halogens is 1. The molecule has 0 N–H and O–H groups in total. The maximum Gasteiger partial charge on any atom is 0.419 e. The average Bonchev–Trinajstić information content (AvgIpc) is 1.67. The van der Waals surface area contributed by atoms with Crippen LogP contribution in [0.5, 0.6) is 0 Å². The highest BCUT2D eigenvalue weighted by molar-refractivity contribution is 7.78. The van der Waals surface area contributed by atoms with Crippen LogP contribution in [0.15, 0.2) is 0 Å². The van der Waals surface area contributed by atoms with Gasteiger partial charge in [0.2, 0.25) is 0 Å². The molecule has 0 fully saturated rings. The average molecular weight is 171 g/mol. The topological polar surface area (TPSA) is 29.5 Å². The maximum atomic E-state index is 10.4. The van der Waals surface area contributed by atoms with Gasteiger partial charge in [0.25, 0.3) is 0 Å². The third-order valence-corrected chi connectivity index (χ3v) is 0.695. The molecule has 9 heavy (non-hydrogen) atoms. The van der Waals surface area contributed by atoms with Crippen LogP contribution < -0.4 is 12.4 Å². The molecule has 0 radical (unpaired) electrons. The number of ether oxygens (including phenoxy) is 1. The van der Waals surface area contributed by atoms with Crippen LogP contribution in [0.3, 0.4) is 0 Å². The molecule has 0 aromatic carbocycles. The number of amides is 1. The monoisotopic (exact) mass is 170 g/mol. The van der Waals surface area contributed by atoms with Crippen LogP contribution >= 0.6 is 12.8 Å². The Morgan fingerprint density at radius 3 is 2.33 bits per heavy atom. The van der Waals surface area contributed by atoms with Crippen molar-refractivity contribution >= 4 is 18.9 Å². The number of carbonyl (C=O) groups excluding carboxylic acids is 1. The minimum Gasteiger partial charge on any atom is -1.00 e. The Morgan fingerprint density at radius 1 is 1.78 bits per heavy atom. The molecule has 1 amide bonds. The van der Waals surface area contributed by atoms with Crippen LogP contribution in [-0.4, -0.2) is 24.1 Å². The molecule has 0 saturated heterocycles. The van der Waals surface area contributed by atoms with Crippen LogP contribution in [0.25, 0.3) is 0 Å². The smallest absolute Gasteiger partial charge is 0.419 e. The molecule has 0 aromatic rings. The van der Waals surface area contributed by atoms with Gasteiger partial charge in [0, 0.05) is 7.05 Å². The number of hydrogen-bond acceptors (Lipinski definition) is 3. The van der Waals surface area contributed by atoms with Crippen LogP contribution in [-0.2, 0) is 4.74 Å². The third kappa shape index (κ3) is 5.79. The summed E-state index contributed by atoms with van der Waals surface area (Å²) in [6.45, 7) is 2.14. The number of hydrogen-bond donors (Lipinski definition) is 1. The summed E-state index contributed by atoms with van der Waals surface area (Å²) in [5.74, 6) is 0. The zero-order valence-corrected chi connectivity index (χ0v) is 6.95. The van der Waals surface area contributed by atoms with Crippen LogP contribution in [0.4, 0.5) is 4.79 Å². The second-order valence-corrected chi connectivity index (χ2v) is 1.82. The molecule has 0 aromatic heterocycles. The fraction of sp³-hybridized carbons (Fsp3) is 0.750. The summed E-state index contributed by atoms with van der Waals surface area (Å²) in [4.78, 5) is 10.4. The quantitative estimate of drug-likeness (QED) is 0.458. The second kappa shape index (κ2) is 6.04. The van der Waals surface area contributed by atoms with Crippen molar-refractivity contribution in [2.24, 2.45) is 0 Å². The van der Waals surface area contributed by atoms with Crippen LogP contribution in [0.1, 0.15) is 6.92 Å². The molecule has 0 heterocycles. The number of thiol groups is 1. The van der Waals surface area contributed by atoms with Gasteiger partial charge in [-0.05, 0) is 6.92 Å². The van der Waals surface area contributed by atoms with E-state index in [1.807, 2.05) is 0 Å². The highest BCUT2D eigenvalue weighted by Gasteiger charge is 2.01. The van der Waals surface area contributed by atoms with Gasteiger partial charge in [-0.1, -0.05) is 12.8 Å². The summed E-state index contributed by atoms with van der Waals surface area (Å²) >= 11 is 3.69. The highest BCUT2D eigenvalue weighted by atomic mass is 35.5. The molecule has 0 aliphatic heterocycles. The van der Waals surface area contributed by atoms with E-state index in [2.05, 4.69) is 17.6 Å². The van der Waals surface area contributed by atoms with E-state index in [0.717, 1.165) is 4.31 Å². The van der Waals surface area contributed by atoms with E-state index in [-0.39, 0.29) is 12.4 Å². The van der Waals surface area contributed by atoms with E-state index in [1.165, 1.54) is 7.05 Å². The first-order valence-corrected chi connectivity index (χ1v) is 2.67. The normalized spacial score (nSPS) is 7.44. The van der Waals surface area contributed by atoms with Crippen LogP contribution in [0, 0.1) is 0 Å². The molecule has 0 rings (SSSR count). The summed E-state index contributed by atoms with van der Waals surface area (Å²) in [5, 5.41) is 0. The molecule has 56 valence electrons. The number of nitrogens with zero attached hydrogens (tertiary/aromatic N) is 1. The number of rotatable bonds is 1. The Morgan fingerprint density at radius 2 is 2.22 bits per heavy atom. The van der Waals surface area contributed by atoms with Gasteiger partial charge in [-0.3, -0.25) is 4.31 Å². The van der Waals surface area contributed by atoms with Gasteiger partial charge in [-0.2, -0.15) is 0 Å². The van der Waals surface area contributed by atoms with Gasteiger partial charge in [0.1, 0.15) is 0 Å². The van der Waals surface area contributed by atoms with Crippen molar-refractivity contribution < 1.29 is 21.9 Å². The van der Waals surface area contributed by atoms with Crippen molar-refractivity contribution in [3.8, 4) is 0 Å². The summed E-state index contributed by atoms with van der Waals surface area (Å²) in [6.07, 6.45) is -0.421. The summed E-state index contributed by atoms with van der Waals surface area (Å²) in [6, 6.07) is 0. The molecule has 3 nitrogen and oxygen atoms in total. The predicted octanol–water partition coefficient (Wildman–Crippen LogP) is -2.08.